The van der Waals surface area contributed by atoms with Crippen LogP contribution in [-0.2, 0) is 9.47 Å². The van der Waals surface area contributed by atoms with Crippen molar-refractivity contribution in [2.75, 3.05) is 13.2 Å². The molecule has 0 aromatic carbocycles. The fraction of sp³-hybridized carbons (Fsp3) is 0.636. The summed E-state index contributed by atoms with van der Waals surface area (Å²) in [6.07, 6.45) is -0.703. The van der Waals surface area contributed by atoms with Crippen molar-refractivity contribution in [3.63, 3.8) is 0 Å². The molecule has 0 bridgehead atoms. The Morgan fingerprint density at radius 3 is 3.00 bits per heavy atom. The first kappa shape index (κ1) is 13.0. The summed E-state index contributed by atoms with van der Waals surface area (Å²) in [5.41, 5.74) is -0.605. The van der Waals surface area contributed by atoms with Crippen LogP contribution >= 0.6 is 0 Å². The second kappa shape index (κ2) is 5.05. The number of ether oxygens (including phenoxy) is 2. The van der Waals surface area contributed by atoms with E-state index in [9.17, 15) is 14.7 Å². The molecule has 1 saturated heterocycles. The minimum absolute atomic E-state index is 0.0972. The molecule has 2 heterocycles. The quantitative estimate of drug-likeness (QED) is 0.734. The third-order valence-corrected chi connectivity index (χ3v) is 2.88. The van der Waals surface area contributed by atoms with Gasteiger partial charge in [-0.15, -0.1) is 0 Å². The van der Waals surface area contributed by atoms with Crippen LogP contribution in [0.4, 0.5) is 0 Å². The maximum Gasteiger partial charge on any atom is 0.330 e. The highest BCUT2D eigenvalue weighted by molar-refractivity contribution is 5.02. The molecule has 0 spiro atoms. The second-order valence-electron chi connectivity index (χ2n) is 4.19. The summed E-state index contributed by atoms with van der Waals surface area (Å²) in [7, 11) is 0. The van der Waals surface area contributed by atoms with Crippen LogP contribution in [0.25, 0.3) is 0 Å². The Bertz CT molecular complexity index is 535. The second-order valence-corrected chi connectivity index (χ2v) is 4.19. The van der Waals surface area contributed by atoms with E-state index in [1.807, 2.05) is 0 Å². The zero-order valence-electron chi connectivity index (χ0n) is 10.3. The molecule has 0 aliphatic carbocycles. The fourth-order valence-corrected chi connectivity index (χ4v) is 1.98. The molecular formula is C11H16N2O5. The molecule has 7 heteroatoms. The standard InChI is InChI=1S/C11H16N2O5/c1-3-17-8-7(14)5-18-10(8)13-4-6(2)9(15)12-11(13)16/h4,7-8,10,14H,3,5H2,1-2H3,(H,12,15,16)/t7?,8-,10+/m0/s1. The summed E-state index contributed by atoms with van der Waals surface area (Å²) >= 11 is 0. The highest BCUT2D eigenvalue weighted by Crippen LogP contribution is 2.25. The Morgan fingerprint density at radius 1 is 1.61 bits per heavy atom. The van der Waals surface area contributed by atoms with Gasteiger partial charge in [-0.3, -0.25) is 14.3 Å². The molecule has 0 radical (unpaired) electrons. The van der Waals surface area contributed by atoms with E-state index in [1.165, 1.54) is 10.8 Å². The van der Waals surface area contributed by atoms with Gasteiger partial charge < -0.3 is 14.6 Å². The van der Waals surface area contributed by atoms with E-state index in [0.29, 0.717) is 12.2 Å². The van der Waals surface area contributed by atoms with Crippen molar-refractivity contribution in [2.24, 2.45) is 0 Å². The maximum absolute atomic E-state index is 11.7. The van der Waals surface area contributed by atoms with Crippen LogP contribution in [-0.4, -0.2) is 40.1 Å². The number of aryl methyl sites for hydroxylation is 1. The predicted octanol–water partition coefficient (Wildman–Crippen LogP) is -0.860. The van der Waals surface area contributed by atoms with Crippen molar-refractivity contribution in [1.29, 1.82) is 0 Å². The van der Waals surface area contributed by atoms with Crippen molar-refractivity contribution in [3.05, 3.63) is 32.6 Å². The fourth-order valence-electron chi connectivity index (χ4n) is 1.98. The number of nitrogens with one attached hydrogen (secondary N) is 1. The zero-order chi connectivity index (χ0) is 13.3. The average molecular weight is 256 g/mol. The minimum atomic E-state index is -0.783. The molecule has 7 nitrogen and oxygen atoms in total. The SMILES string of the molecule is CCO[C@H]1C(O)CO[C@H]1n1cc(C)c(=O)[nH]c1=O. The number of rotatable bonds is 3. The Morgan fingerprint density at radius 2 is 2.33 bits per heavy atom. The maximum atomic E-state index is 11.7. The molecule has 1 aromatic rings. The molecule has 2 rings (SSSR count). The number of aliphatic hydroxyl groups is 1. The van der Waals surface area contributed by atoms with E-state index in [2.05, 4.69) is 4.98 Å². The Balaban J connectivity index is 2.39. The van der Waals surface area contributed by atoms with E-state index in [-0.39, 0.29) is 6.61 Å². The first-order valence-corrected chi connectivity index (χ1v) is 5.78. The molecule has 2 N–H and O–H groups in total. The van der Waals surface area contributed by atoms with E-state index in [1.54, 1.807) is 13.8 Å². The van der Waals surface area contributed by atoms with Gasteiger partial charge in [0.25, 0.3) is 5.56 Å². The predicted molar refractivity (Wildman–Crippen MR) is 62.5 cm³/mol. The number of H-pyrrole nitrogens is 1. The molecule has 0 amide bonds. The average Bonchev–Trinajstić information content (AvgIpc) is 2.67. The van der Waals surface area contributed by atoms with Gasteiger partial charge in [-0.05, 0) is 13.8 Å². The number of nitrogens with zero attached hydrogens (tertiary/aromatic N) is 1. The molecule has 18 heavy (non-hydrogen) atoms. The molecule has 100 valence electrons. The molecule has 0 saturated carbocycles. The number of aromatic nitrogens is 2. The molecule has 3 atom stereocenters. The van der Waals surface area contributed by atoms with Gasteiger partial charge in [-0.1, -0.05) is 0 Å². The smallest absolute Gasteiger partial charge is 0.330 e. The van der Waals surface area contributed by atoms with E-state index in [4.69, 9.17) is 9.47 Å². The third-order valence-electron chi connectivity index (χ3n) is 2.88. The summed E-state index contributed by atoms with van der Waals surface area (Å²) in [6.45, 7) is 3.89. The molecule has 1 aliphatic heterocycles. The Kier molecular flexibility index (Phi) is 3.65. The van der Waals surface area contributed by atoms with Gasteiger partial charge in [-0.25, -0.2) is 4.79 Å². The van der Waals surface area contributed by atoms with Crippen LogP contribution in [0.3, 0.4) is 0 Å². The largest absolute Gasteiger partial charge is 0.388 e. The van der Waals surface area contributed by atoms with Gasteiger partial charge in [0.05, 0.1) is 6.61 Å². The lowest BCUT2D eigenvalue weighted by Crippen LogP contribution is -2.39. The minimum Gasteiger partial charge on any atom is -0.388 e. The summed E-state index contributed by atoms with van der Waals surface area (Å²) in [5.74, 6) is 0. The number of aromatic amines is 1. The zero-order valence-corrected chi connectivity index (χ0v) is 10.3. The summed E-state index contributed by atoms with van der Waals surface area (Å²) < 4.78 is 12.0. The van der Waals surface area contributed by atoms with E-state index < -0.39 is 29.7 Å². The van der Waals surface area contributed by atoms with Gasteiger partial charge in [0.2, 0.25) is 0 Å². The topological polar surface area (TPSA) is 93.5 Å². The number of aliphatic hydroxyl groups excluding tert-OH is 1. The van der Waals surface area contributed by atoms with Crippen LogP contribution in [0.2, 0.25) is 0 Å². The van der Waals surface area contributed by atoms with Crippen molar-refractivity contribution >= 4 is 0 Å². The van der Waals surface area contributed by atoms with Gasteiger partial charge in [0.1, 0.15) is 12.2 Å². The molecule has 1 aliphatic rings. The van der Waals surface area contributed by atoms with Crippen molar-refractivity contribution in [3.8, 4) is 0 Å². The summed E-state index contributed by atoms with van der Waals surface area (Å²) in [6, 6.07) is 0. The Hall–Kier alpha value is -1.44. The Labute approximate surface area is 103 Å². The first-order valence-electron chi connectivity index (χ1n) is 5.78. The van der Waals surface area contributed by atoms with Crippen molar-refractivity contribution in [2.45, 2.75) is 32.3 Å². The first-order chi connectivity index (χ1) is 8.54. The monoisotopic (exact) mass is 256 g/mol. The number of hydrogen-bond acceptors (Lipinski definition) is 5. The van der Waals surface area contributed by atoms with Crippen LogP contribution in [0.15, 0.2) is 15.8 Å². The van der Waals surface area contributed by atoms with Crippen molar-refractivity contribution in [1.82, 2.24) is 9.55 Å². The lowest BCUT2D eigenvalue weighted by atomic mass is 10.2. The van der Waals surface area contributed by atoms with Gasteiger partial charge in [0, 0.05) is 18.4 Å². The van der Waals surface area contributed by atoms with Gasteiger partial charge in [-0.2, -0.15) is 0 Å². The van der Waals surface area contributed by atoms with Crippen molar-refractivity contribution < 1.29 is 14.6 Å². The third kappa shape index (κ3) is 2.24. The van der Waals surface area contributed by atoms with Crippen LogP contribution in [0.5, 0.6) is 0 Å². The van der Waals surface area contributed by atoms with Crippen LogP contribution in [0.1, 0.15) is 18.7 Å². The summed E-state index contributed by atoms with van der Waals surface area (Å²) in [5, 5.41) is 9.73. The highest BCUT2D eigenvalue weighted by Gasteiger charge is 2.38. The molecule has 1 aromatic heterocycles. The van der Waals surface area contributed by atoms with Gasteiger partial charge in [0.15, 0.2) is 6.23 Å². The molecular weight excluding hydrogens is 240 g/mol. The van der Waals surface area contributed by atoms with Crippen LogP contribution < -0.4 is 11.2 Å². The highest BCUT2D eigenvalue weighted by atomic mass is 16.6. The van der Waals surface area contributed by atoms with E-state index in [0.717, 1.165) is 0 Å². The van der Waals surface area contributed by atoms with Crippen LogP contribution in [0, 0.1) is 6.92 Å². The lowest BCUT2D eigenvalue weighted by Gasteiger charge is -2.21. The van der Waals surface area contributed by atoms with Gasteiger partial charge >= 0.3 is 5.69 Å². The lowest BCUT2D eigenvalue weighted by molar-refractivity contribution is -0.0625. The summed E-state index contributed by atoms with van der Waals surface area (Å²) in [4.78, 5) is 25.2. The number of hydrogen-bond donors (Lipinski definition) is 2. The normalized spacial score (nSPS) is 27.6. The van der Waals surface area contributed by atoms with E-state index >= 15 is 0 Å². The molecule has 1 unspecified atom stereocenters. The molecule has 1 fully saturated rings.